The van der Waals surface area contributed by atoms with Crippen molar-refractivity contribution in [2.75, 3.05) is 13.6 Å². The van der Waals surface area contributed by atoms with E-state index in [0.717, 1.165) is 30.5 Å². The third-order valence-electron chi connectivity index (χ3n) is 4.96. The summed E-state index contributed by atoms with van der Waals surface area (Å²) in [6.45, 7) is 5.21. The van der Waals surface area contributed by atoms with E-state index in [1.807, 2.05) is 12.1 Å². The van der Waals surface area contributed by atoms with Crippen molar-refractivity contribution in [2.45, 2.75) is 38.1 Å². The van der Waals surface area contributed by atoms with Crippen molar-refractivity contribution >= 4 is 5.91 Å². The van der Waals surface area contributed by atoms with Gasteiger partial charge in [0.1, 0.15) is 5.41 Å². The van der Waals surface area contributed by atoms with E-state index in [4.69, 9.17) is 0 Å². The van der Waals surface area contributed by atoms with Gasteiger partial charge in [-0.1, -0.05) is 62.4 Å². The van der Waals surface area contributed by atoms with Crippen LogP contribution in [-0.2, 0) is 10.2 Å². The molecule has 1 aliphatic carbocycles. The number of carbonyl (C=O) groups excluding carboxylic acids is 1. The molecule has 1 amide bonds. The van der Waals surface area contributed by atoms with Gasteiger partial charge in [0.25, 0.3) is 0 Å². The number of fused-ring (bicyclic) bond motifs is 3. The highest BCUT2D eigenvalue weighted by Crippen LogP contribution is 2.51. The predicted octanol–water partition coefficient (Wildman–Crippen LogP) is 3.48. The maximum absolute atomic E-state index is 13.1. The highest BCUT2D eigenvalue weighted by molar-refractivity contribution is 6.00. The van der Waals surface area contributed by atoms with Gasteiger partial charge in [-0.2, -0.15) is 0 Å². The number of amides is 1. The lowest BCUT2D eigenvalue weighted by molar-refractivity contribution is -0.125. The van der Waals surface area contributed by atoms with Crippen molar-refractivity contribution in [2.24, 2.45) is 0 Å². The van der Waals surface area contributed by atoms with Gasteiger partial charge in [-0.25, -0.2) is 0 Å². The molecule has 24 heavy (non-hydrogen) atoms. The van der Waals surface area contributed by atoms with E-state index < -0.39 is 5.41 Å². The zero-order valence-electron chi connectivity index (χ0n) is 14.7. The second-order valence-electron chi connectivity index (χ2n) is 6.79. The fourth-order valence-electron chi connectivity index (χ4n) is 3.91. The van der Waals surface area contributed by atoms with Crippen molar-refractivity contribution in [3.05, 3.63) is 59.7 Å². The van der Waals surface area contributed by atoms with Crippen molar-refractivity contribution in [3.8, 4) is 11.1 Å². The minimum Gasteiger partial charge on any atom is -0.358 e. The van der Waals surface area contributed by atoms with E-state index in [0.29, 0.717) is 6.04 Å². The number of hydrogen-bond donors (Lipinski definition) is 2. The first-order valence-electron chi connectivity index (χ1n) is 8.76. The van der Waals surface area contributed by atoms with E-state index in [-0.39, 0.29) is 5.91 Å². The Kier molecular flexibility index (Phi) is 4.72. The monoisotopic (exact) mass is 322 g/mol. The first-order valence-corrected chi connectivity index (χ1v) is 8.76. The molecule has 2 N–H and O–H groups in total. The van der Waals surface area contributed by atoms with E-state index in [9.17, 15) is 4.79 Å². The second-order valence-corrected chi connectivity index (χ2v) is 6.79. The molecule has 126 valence electrons. The summed E-state index contributed by atoms with van der Waals surface area (Å²) in [5.41, 5.74) is 4.06. The summed E-state index contributed by atoms with van der Waals surface area (Å²) < 4.78 is 0. The van der Waals surface area contributed by atoms with Gasteiger partial charge in [0, 0.05) is 13.1 Å². The lowest BCUT2D eigenvalue weighted by Gasteiger charge is -2.30. The van der Waals surface area contributed by atoms with Gasteiger partial charge in [0.2, 0.25) is 5.91 Å². The molecule has 2 aromatic rings. The minimum absolute atomic E-state index is 0.0875. The molecule has 3 rings (SSSR count). The molecule has 0 unspecified atom stereocenters. The van der Waals surface area contributed by atoms with Crippen molar-refractivity contribution in [1.82, 2.24) is 10.6 Å². The number of nitrogens with one attached hydrogen (secondary N) is 2. The van der Waals surface area contributed by atoms with E-state index in [1.165, 1.54) is 11.1 Å². The number of benzene rings is 2. The van der Waals surface area contributed by atoms with Crippen LogP contribution in [0.5, 0.6) is 0 Å². The molecule has 3 nitrogen and oxygen atoms in total. The van der Waals surface area contributed by atoms with Crippen molar-refractivity contribution < 1.29 is 4.79 Å². The van der Waals surface area contributed by atoms with Gasteiger partial charge in [-0.3, -0.25) is 4.79 Å². The first kappa shape index (κ1) is 16.7. The molecule has 0 spiro atoms. The molecular formula is C21H26N2O. The van der Waals surface area contributed by atoms with Crippen LogP contribution in [0.4, 0.5) is 0 Å². The molecule has 0 bridgehead atoms. The average molecular weight is 322 g/mol. The van der Waals surface area contributed by atoms with Crippen molar-refractivity contribution in [3.63, 3.8) is 0 Å². The average Bonchev–Trinajstić information content (AvgIpc) is 2.89. The number of likely N-dealkylation sites (N-methyl/N-ethyl adjacent to an activating group) is 1. The van der Waals surface area contributed by atoms with Crippen LogP contribution in [0.1, 0.15) is 37.8 Å². The van der Waals surface area contributed by atoms with Crippen LogP contribution >= 0.6 is 0 Å². The highest BCUT2D eigenvalue weighted by atomic mass is 16.2. The summed E-state index contributed by atoms with van der Waals surface area (Å²) in [5, 5.41) is 6.38. The number of carbonyl (C=O) groups is 1. The highest BCUT2D eigenvalue weighted by Gasteiger charge is 2.47. The summed E-state index contributed by atoms with van der Waals surface area (Å²) in [7, 11) is 1.74. The molecule has 0 aromatic heterocycles. The molecule has 0 saturated carbocycles. The molecule has 0 fully saturated rings. The maximum Gasteiger partial charge on any atom is 0.234 e. The molecular weight excluding hydrogens is 296 g/mol. The van der Waals surface area contributed by atoms with Crippen LogP contribution in [0.2, 0.25) is 0 Å². The van der Waals surface area contributed by atoms with E-state index in [1.54, 1.807) is 7.05 Å². The SMILES string of the molecule is CNC(=O)C1(CCCNC(C)C)c2ccccc2-c2ccccc21. The summed E-state index contributed by atoms with van der Waals surface area (Å²) in [6.07, 6.45) is 1.76. The lowest BCUT2D eigenvalue weighted by atomic mass is 9.73. The van der Waals surface area contributed by atoms with E-state index >= 15 is 0 Å². The summed E-state index contributed by atoms with van der Waals surface area (Å²) >= 11 is 0. The first-order chi connectivity index (χ1) is 11.6. The molecule has 3 heteroatoms. The quantitative estimate of drug-likeness (QED) is 0.800. The van der Waals surface area contributed by atoms with Gasteiger partial charge >= 0.3 is 0 Å². The smallest absolute Gasteiger partial charge is 0.234 e. The Bertz CT molecular complexity index is 691. The van der Waals surface area contributed by atoms with Crippen LogP contribution < -0.4 is 10.6 Å². The Morgan fingerprint density at radius 3 is 2.04 bits per heavy atom. The molecule has 0 atom stereocenters. The van der Waals surface area contributed by atoms with Crippen LogP contribution in [0, 0.1) is 0 Å². The van der Waals surface area contributed by atoms with Gasteiger partial charge < -0.3 is 10.6 Å². The molecule has 1 aliphatic rings. The molecule has 0 aliphatic heterocycles. The second kappa shape index (κ2) is 6.78. The maximum atomic E-state index is 13.1. The van der Waals surface area contributed by atoms with Crippen molar-refractivity contribution in [1.29, 1.82) is 0 Å². The minimum atomic E-state index is -0.583. The van der Waals surface area contributed by atoms with E-state index in [2.05, 4.69) is 60.9 Å². The zero-order chi connectivity index (χ0) is 17.2. The van der Waals surface area contributed by atoms with Gasteiger partial charge in [-0.15, -0.1) is 0 Å². The number of hydrogen-bond acceptors (Lipinski definition) is 2. The number of rotatable bonds is 6. The van der Waals surface area contributed by atoms with Crippen LogP contribution in [0.15, 0.2) is 48.5 Å². The molecule has 0 saturated heterocycles. The predicted molar refractivity (Wildman–Crippen MR) is 99.1 cm³/mol. The third-order valence-corrected chi connectivity index (χ3v) is 4.96. The Morgan fingerprint density at radius 1 is 1.00 bits per heavy atom. The molecule has 0 heterocycles. The lowest BCUT2D eigenvalue weighted by Crippen LogP contribution is -2.43. The standard InChI is InChI=1S/C21H26N2O/c1-15(2)23-14-8-13-21(20(24)22-3)18-11-6-4-9-16(18)17-10-5-7-12-19(17)21/h4-7,9-12,15,23H,8,13-14H2,1-3H3,(H,22,24). The fraction of sp³-hybridized carbons (Fsp3) is 0.381. The van der Waals surface area contributed by atoms with Crippen LogP contribution in [-0.4, -0.2) is 25.5 Å². The summed E-state index contributed by atoms with van der Waals surface area (Å²) in [4.78, 5) is 13.1. The Hall–Kier alpha value is -2.13. The summed E-state index contributed by atoms with van der Waals surface area (Å²) in [5.74, 6) is 0.0875. The van der Waals surface area contributed by atoms with Gasteiger partial charge in [-0.05, 0) is 41.6 Å². The Labute approximate surface area is 144 Å². The zero-order valence-corrected chi connectivity index (χ0v) is 14.7. The summed E-state index contributed by atoms with van der Waals surface area (Å²) in [6, 6.07) is 17.1. The Morgan fingerprint density at radius 2 is 1.54 bits per heavy atom. The molecule has 2 aromatic carbocycles. The Balaban J connectivity index is 2.06. The van der Waals surface area contributed by atoms with Crippen LogP contribution in [0.25, 0.3) is 11.1 Å². The third kappa shape index (κ3) is 2.63. The van der Waals surface area contributed by atoms with Gasteiger partial charge in [0.15, 0.2) is 0 Å². The largest absolute Gasteiger partial charge is 0.358 e. The van der Waals surface area contributed by atoms with Crippen LogP contribution in [0.3, 0.4) is 0 Å². The molecule has 0 radical (unpaired) electrons. The topological polar surface area (TPSA) is 41.1 Å². The normalized spacial score (nSPS) is 14.3. The fourth-order valence-corrected chi connectivity index (χ4v) is 3.91. The van der Waals surface area contributed by atoms with Gasteiger partial charge in [0.05, 0.1) is 0 Å².